The number of methoxy groups -OCH3 is 1. The Morgan fingerprint density at radius 3 is 2.45 bits per heavy atom. The number of carbonyl (C=O) groups is 1. The molecule has 0 amide bonds. The van der Waals surface area contributed by atoms with Crippen molar-refractivity contribution in [1.82, 2.24) is 4.57 Å². The molecule has 2 aromatic carbocycles. The highest BCUT2D eigenvalue weighted by Crippen LogP contribution is 2.41. The van der Waals surface area contributed by atoms with E-state index in [-0.39, 0.29) is 34.0 Å². The molecule has 0 radical (unpaired) electrons. The van der Waals surface area contributed by atoms with Gasteiger partial charge >= 0.3 is 5.97 Å². The van der Waals surface area contributed by atoms with Crippen molar-refractivity contribution in [3.05, 3.63) is 115 Å². The first-order chi connectivity index (χ1) is 15.8. The lowest BCUT2D eigenvalue weighted by Crippen LogP contribution is -2.35. The summed E-state index contributed by atoms with van der Waals surface area (Å²) in [6, 6.07) is 16.8. The molecule has 0 spiro atoms. The maximum Gasteiger partial charge on any atom is 0.340 e. The summed E-state index contributed by atoms with van der Waals surface area (Å²) in [7, 11) is 1.20. The van der Waals surface area contributed by atoms with Crippen molar-refractivity contribution >= 4 is 11.7 Å². The van der Waals surface area contributed by atoms with Crippen molar-refractivity contribution in [3.8, 4) is 5.75 Å². The normalized spacial score (nSPS) is 14.9. The highest BCUT2D eigenvalue weighted by atomic mass is 16.6. The SMILES string of the molecule is COC(=O)C1=C(N)Oc2cc(C)n(Cc3ccccc3)c(=O)c2[C@@H]1c1ccc([N+](=O)[O-])cc1. The van der Waals surface area contributed by atoms with E-state index in [0.717, 1.165) is 5.56 Å². The molecule has 33 heavy (non-hydrogen) atoms. The minimum Gasteiger partial charge on any atom is -0.465 e. The second-order valence-electron chi connectivity index (χ2n) is 7.59. The lowest BCUT2D eigenvalue weighted by Gasteiger charge is -2.29. The van der Waals surface area contributed by atoms with Gasteiger partial charge < -0.3 is 19.8 Å². The monoisotopic (exact) mass is 447 g/mol. The van der Waals surface area contributed by atoms with Gasteiger partial charge in [0, 0.05) is 23.9 Å². The van der Waals surface area contributed by atoms with E-state index in [4.69, 9.17) is 15.2 Å². The Morgan fingerprint density at radius 2 is 1.85 bits per heavy atom. The van der Waals surface area contributed by atoms with Crippen LogP contribution in [-0.4, -0.2) is 22.6 Å². The number of benzene rings is 2. The van der Waals surface area contributed by atoms with Crippen molar-refractivity contribution in [2.75, 3.05) is 7.11 Å². The van der Waals surface area contributed by atoms with Crippen LogP contribution < -0.4 is 16.0 Å². The van der Waals surface area contributed by atoms with Gasteiger partial charge in [-0.1, -0.05) is 42.5 Å². The third kappa shape index (κ3) is 3.96. The maximum absolute atomic E-state index is 13.7. The summed E-state index contributed by atoms with van der Waals surface area (Å²) >= 11 is 0. The third-order valence-corrected chi connectivity index (χ3v) is 5.60. The second-order valence-corrected chi connectivity index (χ2v) is 7.59. The predicted octanol–water partition coefficient (Wildman–Crippen LogP) is 2.98. The fourth-order valence-corrected chi connectivity index (χ4v) is 3.98. The molecule has 0 fully saturated rings. The summed E-state index contributed by atoms with van der Waals surface area (Å²) in [6.45, 7) is 2.10. The first-order valence-corrected chi connectivity index (χ1v) is 10.1. The molecule has 0 unspecified atom stereocenters. The van der Waals surface area contributed by atoms with Gasteiger partial charge in [-0.2, -0.15) is 0 Å². The summed E-state index contributed by atoms with van der Waals surface area (Å²) < 4.78 is 12.2. The van der Waals surface area contributed by atoms with Crippen LogP contribution in [0.15, 0.2) is 76.9 Å². The molecule has 2 heterocycles. The van der Waals surface area contributed by atoms with Gasteiger partial charge in [-0.15, -0.1) is 0 Å². The Bertz CT molecular complexity index is 1330. The van der Waals surface area contributed by atoms with Crippen molar-refractivity contribution in [3.63, 3.8) is 0 Å². The molecule has 2 N–H and O–H groups in total. The van der Waals surface area contributed by atoms with Gasteiger partial charge in [0.2, 0.25) is 5.88 Å². The summed E-state index contributed by atoms with van der Waals surface area (Å²) in [5.74, 6) is -1.62. The Morgan fingerprint density at radius 1 is 1.18 bits per heavy atom. The Balaban J connectivity index is 1.93. The molecule has 3 aromatic rings. The largest absolute Gasteiger partial charge is 0.465 e. The number of aromatic nitrogens is 1. The molecule has 1 aromatic heterocycles. The van der Waals surface area contributed by atoms with E-state index in [9.17, 15) is 19.7 Å². The van der Waals surface area contributed by atoms with Crippen LogP contribution >= 0.6 is 0 Å². The first kappa shape index (κ1) is 21.8. The molecule has 168 valence electrons. The van der Waals surface area contributed by atoms with Gasteiger partial charge in [0.25, 0.3) is 11.2 Å². The number of nitro groups is 1. The number of non-ortho nitro benzene ring substituents is 1. The molecule has 1 aliphatic heterocycles. The first-order valence-electron chi connectivity index (χ1n) is 10.1. The van der Waals surface area contributed by atoms with Crippen LogP contribution in [0.25, 0.3) is 0 Å². The number of nitrogens with two attached hydrogens (primary N) is 1. The molecule has 9 heteroatoms. The number of hydrogen-bond acceptors (Lipinski definition) is 7. The van der Waals surface area contributed by atoms with E-state index < -0.39 is 16.8 Å². The Hall–Kier alpha value is -4.40. The van der Waals surface area contributed by atoms with Crippen molar-refractivity contribution in [2.24, 2.45) is 5.73 Å². The van der Waals surface area contributed by atoms with Crippen LogP contribution in [0.5, 0.6) is 5.75 Å². The topological polar surface area (TPSA) is 127 Å². The summed E-state index contributed by atoms with van der Waals surface area (Å²) in [6.07, 6.45) is 0. The van der Waals surface area contributed by atoms with E-state index in [0.29, 0.717) is 17.8 Å². The van der Waals surface area contributed by atoms with E-state index in [1.807, 2.05) is 30.3 Å². The van der Waals surface area contributed by atoms with E-state index >= 15 is 0 Å². The molecule has 0 aliphatic carbocycles. The number of aryl methyl sites for hydroxylation is 1. The predicted molar refractivity (Wildman–Crippen MR) is 120 cm³/mol. The van der Waals surface area contributed by atoms with Crippen LogP contribution in [0.2, 0.25) is 0 Å². The number of fused-ring (bicyclic) bond motifs is 1. The number of pyridine rings is 1. The molecule has 0 saturated heterocycles. The molecule has 0 saturated carbocycles. The zero-order valence-electron chi connectivity index (χ0n) is 18.0. The van der Waals surface area contributed by atoms with Crippen molar-refractivity contribution in [1.29, 1.82) is 0 Å². The van der Waals surface area contributed by atoms with Gasteiger partial charge in [-0.3, -0.25) is 14.9 Å². The smallest absolute Gasteiger partial charge is 0.340 e. The standard InChI is InChI=1S/C24H21N3O6/c1-14-12-18-20(23(28)26(14)13-15-6-4-3-5-7-15)19(21(22(25)33-18)24(29)32-2)16-8-10-17(11-9-16)27(30)31/h3-12,19H,13,25H2,1-2H3/t19-/m0/s1. The van der Waals surface area contributed by atoms with Gasteiger partial charge in [-0.05, 0) is 18.1 Å². The average molecular weight is 447 g/mol. The minimum atomic E-state index is -0.919. The van der Waals surface area contributed by atoms with Gasteiger partial charge in [0.05, 0.1) is 30.1 Å². The molecular weight excluding hydrogens is 426 g/mol. The summed E-state index contributed by atoms with van der Waals surface area (Å²) in [4.78, 5) is 36.9. The van der Waals surface area contributed by atoms with Crippen molar-refractivity contribution in [2.45, 2.75) is 19.4 Å². The number of nitro benzene ring substituents is 1. The quantitative estimate of drug-likeness (QED) is 0.362. The minimum absolute atomic E-state index is 0.0360. The molecule has 1 aliphatic rings. The molecule has 0 bridgehead atoms. The number of rotatable bonds is 5. The van der Waals surface area contributed by atoms with Crippen molar-refractivity contribution < 1.29 is 19.2 Å². The van der Waals surface area contributed by atoms with E-state index in [1.165, 1.54) is 31.4 Å². The van der Waals surface area contributed by atoms with Crippen LogP contribution in [0.4, 0.5) is 5.69 Å². The fourth-order valence-electron chi connectivity index (χ4n) is 3.98. The number of ether oxygens (including phenoxy) is 2. The van der Waals surface area contributed by atoms with E-state index in [1.54, 1.807) is 17.6 Å². The molecule has 1 atom stereocenters. The van der Waals surface area contributed by atoms with Gasteiger partial charge in [-0.25, -0.2) is 4.79 Å². The number of carbonyl (C=O) groups excluding carboxylic acids is 1. The Labute approximate surface area is 188 Å². The zero-order valence-corrected chi connectivity index (χ0v) is 18.0. The zero-order chi connectivity index (χ0) is 23.7. The van der Waals surface area contributed by atoms with E-state index in [2.05, 4.69) is 0 Å². The molecule has 9 nitrogen and oxygen atoms in total. The summed E-state index contributed by atoms with van der Waals surface area (Å²) in [5, 5.41) is 11.1. The highest BCUT2D eigenvalue weighted by Gasteiger charge is 2.38. The number of nitrogens with zero attached hydrogens (tertiary/aromatic N) is 2. The highest BCUT2D eigenvalue weighted by molar-refractivity contribution is 5.92. The fraction of sp³-hybridized carbons (Fsp3) is 0.167. The van der Waals surface area contributed by atoms with Gasteiger partial charge in [0.15, 0.2) is 0 Å². The van der Waals surface area contributed by atoms with Crippen LogP contribution in [0, 0.1) is 17.0 Å². The number of esters is 1. The van der Waals surface area contributed by atoms with Gasteiger partial charge in [0.1, 0.15) is 11.3 Å². The second kappa shape index (κ2) is 8.62. The maximum atomic E-state index is 13.7. The lowest BCUT2D eigenvalue weighted by molar-refractivity contribution is -0.384. The average Bonchev–Trinajstić information content (AvgIpc) is 2.81. The Kier molecular flexibility index (Phi) is 5.70. The number of hydrogen-bond donors (Lipinski definition) is 1. The third-order valence-electron chi connectivity index (χ3n) is 5.60. The van der Waals surface area contributed by atoms with Crippen LogP contribution in [0.3, 0.4) is 0 Å². The summed E-state index contributed by atoms with van der Waals surface area (Å²) in [5.41, 5.74) is 7.83. The molecule has 4 rings (SSSR count). The van der Waals surface area contributed by atoms with Crippen LogP contribution in [0.1, 0.15) is 28.3 Å². The van der Waals surface area contributed by atoms with Crippen LogP contribution in [-0.2, 0) is 16.1 Å². The molecular formula is C24H21N3O6. The lowest BCUT2D eigenvalue weighted by atomic mass is 9.83.